The van der Waals surface area contributed by atoms with E-state index in [2.05, 4.69) is 4.52 Å². The zero-order valence-electron chi connectivity index (χ0n) is 9.77. The summed E-state index contributed by atoms with van der Waals surface area (Å²) in [6.07, 6.45) is 2.25. The van der Waals surface area contributed by atoms with Gasteiger partial charge >= 0.3 is 7.82 Å². The Balaban J connectivity index is -0.000000268. The van der Waals surface area contributed by atoms with E-state index < -0.39 is 7.82 Å². The maximum atomic E-state index is 10.3. The molecule has 10 nitrogen and oxygen atoms in total. The highest BCUT2D eigenvalue weighted by Gasteiger charge is 2.14. The van der Waals surface area contributed by atoms with Crippen LogP contribution in [0.5, 0.6) is 5.75 Å². The largest absolute Gasteiger partial charge is 0.524 e. The molecular weight excluding hydrogens is 293 g/mol. The van der Waals surface area contributed by atoms with Gasteiger partial charge in [0.1, 0.15) is 5.75 Å². The Morgan fingerprint density at radius 2 is 1.20 bits per heavy atom. The van der Waals surface area contributed by atoms with Gasteiger partial charge in [0, 0.05) is 0 Å². The SMILES string of the molecule is N=C=O.N=C=O.N=C=O.O=P(O)(O)Oc1ccccc1. The summed E-state index contributed by atoms with van der Waals surface area (Å²) >= 11 is 0. The molecule has 0 aliphatic heterocycles. The Hall–Kier alpha value is -2.69. The van der Waals surface area contributed by atoms with Gasteiger partial charge in [-0.15, -0.1) is 0 Å². The van der Waals surface area contributed by atoms with Gasteiger partial charge in [0.2, 0.25) is 18.2 Å². The maximum Gasteiger partial charge on any atom is 0.524 e. The van der Waals surface area contributed by atoms with Gasteiger partial charge in [-0.05, 0) is 12.1 Å². The van der Waals surface area contributed by atoms with E-state index in [1.807, 2.05) is 0 Å². The summed E-state index contributed by atoms with van der Waals surface area (Å²) in [5, 5.41) is 16.2. The van der Waals surface area contributed by atoms with E-state index in [0.29, 0.717) is 0 Å². The molecule has 0 fully saturated rings. The van der Waals surface area contributed by atoms with Crippen molar-refractivity contribution in [2.75, 3.05) is 0 Å². The number of carbonyl (C=O) groups excluding carboxylic acids is 3. The van der Waals surface area contributed by atoms with Crippen LogP contribution in [0.2, 0.25) is 0 Å². The molecule has 0 aliphatic carbocycles. The highest BCUT2D eigenvalue weighted by Crippen LogP contribution is 2.36. The Kier molecular flexibility index (Phi) is 18.3. The second-order valence-electron chi connectivity index (χ2n) is 2.20. The molecule has 0 spiro atoms. The van der Waals surface area contributed by atoms with E-state index in [9.17, 15) is 4.57 Å². The van der Waals surface area contributed by atoms with Crippen molar-refractivity contribution in [3.05, 3.63) is 30.3 Å². The fourth-order valence-corrected chi connectivity index (χ4v) is 1.02. The van der Waals surface area contributed by atoms with Crippen molar-refractivity contribution in [3.8, 4) is 5.75 Å². The minimum absolute atomic E-state index is 0.167. The second-order valence-corrected chi connectivity index (χ2v) is 3.36. The average Bonchev–Trinajstić information content (AvgIpc) is 2.31. The fourth-order valence-electron chi connectivity index (χ4n) is 0.619. The smallest absolute Gasteiger partial charge is 0.404 e. The zero-order chi connectivity index (χ0) is 16.4. The Labute approximate surface area is 112 Å². The Morgan fingerprint density at radius 3 is 1.45 bits per heavy atom. The van der Waals surface area contributed by atoms with E-state index in [4.69, 9.17) is 40.4 Å². The molecule has 11 heteroatoms. The van der Waals surface area contributed by atoms with E-state index in [0.717, 1.165) is 18.2 Å². The standard InChI is InChI=1S/C6H7O4P.3CHNO/c7-11(8,9)10-6-4-2-1-3-5-6;3*2-1-3/h1-5H,(H2,7,8,9);3*2H. The van der Waals surface area contributed by atoms with Gasteiger partial charge in [0.25, 0.3) is 0 Å². The Morgan fingerprint density at radius 1 is 0.900 bits per heavy atom. The van der Waals surface area contributed by atoms with Crippen LogP contribution in [0.4, 0.5) is 0 Å². The molecule has 20 heavy (non-hydrogen) atoms. The molecule has 0 aromatic heterocycles. The van der Waals surface area contributed by atoms with E-state index >= 15 is 0 Å². The quantitative estimate of drug-likeness (QED) is 0.304. The lowest BCUT2D eigenvalue weighted by atomic mass is 10.3. The van der Waals surface area contributed by atoms with E-state index in [1.165, 1.54) is 12.1 Å². The molecule has 0 saturated heterocycles. The van der Waals surface area contributed by atoms with Crippen LogP contribution in [-0.2, 0) is 18.9 Å². The summed E-state index contributed by atoms with van der Waals surface area (Å²) < 4.78 is 14.5. The molecule has 0 bridgehead atoms. The number of rotatable bonds is 2. The normalized spacial score (nSPS) is 7.30. The number of benzene rings is 1. The molecule has 0 radical (unpaired) electrons. The lowest BCUT2D eigenvalue weighted by molar-refractivity contribution is 0.283. The number of hydrogen-bond donors (Lipinski definition) is 5. The van der Waals surface area contributed by atoms with Crippen molar-refractivity contribution in [2.45, 2.75) is 0 Å². The first-order valence-corrected chi connectivity index (χ1v) is 5.77. The van der Waals surface area contributed by atoms with Crippen molar-refractivity contribution in [3.63, 3.8) is 0 Å². The van der Waals surface area contributed by atoms with Gasteiger partial charge < -0.3 is 4.52 Å². The molecule has 1 aromatic rings. The molecule has 0 unspecified atom stereocenters. The van der Waals surface area contributed by atoms with Crippen LogP contribution in [0.25, 0.3) is 0 Å². The van der Waals surface area contributed by atoms with Crippen LogP contribution < -0.4 is 4.52 Å². The molecule has 0 saturated carbocycles. The van der Waals surface area contributed by atoms with Crippen molar-refractivity contribution in [2.24, 2.45) is 0 Å². The van der Waals surface area contributed by atoms with Crippen LogP contribution in [0.3, 0.4) is 0 Å². The van der Waals surface area contributed by atoms with Crippen molar-refractivity contribution < 1.29 is 33.3 Å². The topological polar surface area (TPSA) is 190 Å². The third-order valence-electron chi connectivity index (χ3n) is 0.968. The molecule has 0 atom stereocenters. The van der Waals surface area contributed by atoms with Gasteiger partial charge in [-0.3, -0.25) is 9.79 Å². The molecular formula is C9H10N3O7P. The second kappa shape index (κ2) is 16.3. The zero-order valence-corrected chi connectivity index (χ0v) is 10.7. The van der Waals surface area contributed by atoms with E-state index in [-0.39, 0.29) is 5.75 Å². The van der Waals surface area contributed by atoms with Crippen molar-refractivity contribution >= 4 is 26.1 Å². The number of hydrogen-bond acceptors (Lipinski definition) is 8. The third-order valence-corrected chi connectivity index (χ3v) is 1.42. The number of phosphoric ester groups is 1. The number of para-hydroxylation sites is 1. The van der Waals surface area contributed by atoms with Gasteiger partial charge in [0.15, 0.2) is 0 Å². The molecule has 5 N–H and O–H groups in total. The molecule has 108 valence electrons. The fraction of sp³-hybridized carbons (Fsp3) is 0. The minimum Gasteiger partial charge on any atom is -0.404 e. The van der Waals surface area contributed by atoms with Crippen molar-refractivity contribution in [1.29, 1.82) is 16.2 Å². The first-order chi connectivity index (χ1) is 9.32. The molecule has 1 rings (SSSR count). The number of isocyanates is 3. The van der Waals surface area contributed by atoms with Crippen LogP contribution >= 0.6 is 7.82 Å². The van der Waals surface area contributed by atoms with Gasteiger partial charge in [-0.1, -0.05) is 18.2 Å². The summed E-state index contributed by atoms with van der Waals surface area (Å²) in [4.78, 5) is 41.8. The first-order valence-electron chi connectivity index (χ1n) is 4.24. The number of phosphoric acid groups is 1. The maximum absolute atomic E-state index is 10.3. The third kappa shape index (κ3) is 29.5. The molecule has 0 amide bonds. The van der Waals surface area contributed by atoms with Crippen LogP contribution in [0.1, 0.15) is 0 Å². The lowest BCUT2D eigenvalue weighted by Gasteiger charge is -2.04. The predicted molar refractivity (Wildman–Crippen MR) is 64.4 cm³/mol. The summed E-state index contributed by atoms with van der Waals surface area (Å²) in [6.45, 7) is 0. The monoisotopic (exact) mass is 303 g/mol. The predicted octanol–water partition coefficient (Wildman–Crippen LogP) is 0.861. The van der Waals surface area contributed by atoms with E-state index in [1.54, 1.807) is 18.2 Å². The average molecular weight is 303 g/mol. The molecule has 0 aliphatic rings. The first kappa shape index (κ1) is 22.5. The van der Waals surface area contributed by atoms with Crippen LogP contribution in [0, 0.1) is 16.2 Å². The van der Waals surface area contributed by atoms with Crippen LogP contribution in [0.15, 0.2) is 30.3 Å². The number of nitrogens with one attached hydrogen (secondary N) is 3. The molecule has 0 heterocycles. The van der Waals surface area contributed by atoms with Gasteiger partial charge in [0.05, 0.1) is 0 Å². The highest BCUT2D eigenvalue weighted by atomic mass is 31.2. The summed E-state index contributed by atoms with van der Waals surface area (Å²) in [7, 11) is -4.39. The Bertz CT molecular complexity index is 467. The van der Waals surface area contributed by atoms with Gasteiger partial charge in [-0.2, -0.15) is 0 Å². The summed E-state index contributed by atoms with van der Waals surface area (Å²) in [5.74, 6) is 0.167. The lowest BCUT2D eigenvalue weighted by Crippen LogP contribution is -1.88. The highest BCUT2D eigenvalue weighted by molar-refractivity contribution is 7.46. The van der Waals surface area contributed by atoms with Crippen LogP contribution in [-0.4, -0.2) is 28.0 Å². The van der Waals surface area contributed by atoms with Crippen molar-refractivity contribution in [1.82, 2.24) is 0 Å². The molecule has 1 aromatic carbocycles. The summed E-state index contributed by atoms with van der Waals surface area (Å²) in [6, 6.07) is 7.93. The van der Waals surface area contributed by atoms with Gasteiger partial charge in [-0.25, -0.2) is 35.2 Å². The minimum atomic E-state index is -4.39. The summed E-state index contributed by atoms with van der Waals surface area (Å²) in [5.41, 5.74) is 0.